The Balaban J connectivity index is 2.38. The van der Waals surface area contributed by atoms with Gasteiger partial charge in [0, 0.05) is 4.48 Å². The summed E-state index contributed by atoms with van der Waals surface area (Å²) in [6.07, 6.45) is 4.36. The van der Waals surface area contributed by atoms with E-state index < -0.39 is 0 Å². The lowest BCUT2D eigenvalue weighted by atomic mass is 10.2. The standard InChI is InChI=1S/C12H15BrCl2O2/c1-7(2)6-17-12(16)10-4-8(10)3-9(13)5-11(14)15/h3,5,7-8,10H,4,6H2,1-2H3/t8-,10-/m0/s1. The maximum atomic E-state index is 11.6. The Labute approximate surface area is 120 Å². The first-order chi connectivity index (χ1) is 7.90. The van der Waals surface area contributed by atoms with Crippen molar-refractivity contribution >= 4 is 45.1 Å². The second-order valence-corrected chi connectivity index (χ2v) is 6.44. The van der Waals surface area contributed by atoms with E-state index in [0.717, 1.165) is 10.9 Å². The number of carbonyl (C=O) groups is 1. The first kappa shape index (κ1) is 15.1. The van der Waals surface area contributed by atoms with Gasteiger partial charge in [0.2, 0.25) is 0 Å². The van der Waals surface area contributed by atoms with Crippen LogP contribution in [-0.4, -0.2) is 12.6 Å². The molecule has 2 nitrogen and oxygen atoms in total. The van der Waals surface area contributed by atoms with Gasteiger partial charge in [-0.1, -0.05) is 59.1 Å². The van der Waals surface area contributed by atoms with Gasteiger partial charge in [-0.15, -0.1) is 0 Å². The molecule has 96 valence electrons. The summed E-state index contributed by atoms with van der Waals surface area (Å²) in [5, 5.41) is 0. The third-order valence-electron chi connectivity index (χ3n) is 2.32. The van der Waals surface area contributed by atoms with E-state index in [2.05, 4.69) is 15.9 Å². The second kappa shape index (κ2) is 6.81. The van der Waals surface area contributed by atoms with Crippen LogP contribution in [0.3, 0.4) is 0 Å². The molecule has 0 bridgehead atoms. The quantitative estimate of drug-likeness (QED) is 0.546. The highest BCUT2D eigenvalue weighted by Crippen LogP contribution is 2.42. The van der Waals surface area contributed by atoms with Crippen molar-refractivity contribution in [3.05, 3.63) is 21.1 Å². The highest BCUT2D eigenvalue weighted by molar-refractivity contribution is 9.11. The van der Waals surface area contributed by atoms with Crippen LogP contribution in [0.15, 0.2) is 21.1 Å². The van der Waals surface area contributed by atoms with Crippen molar-refractivity contribution in [2.24, 2.45) is 17.8 Å². The Bertz CT molecular complexity index is 346. The van der Waals surface area contributed by atoms with Gasteiger partial charge in [-0.25, -0.2) is 0 Å². The van der Waals surface area contributed by atoms with E-state index >= 15 is 0 Å². The summed E-state index contributed by atoms with van der Waals surface area (Å²) < 4.78 is 6.15. The minimum absolute atomic E-state index is 0.0104. The highest BCUT2D eigenvalue weighted by Gasteiger charge is 2.42. The van der Waals surface area contributed by atoms with Gasteiger partial charge in [0.05, 0.1) is 12.5 Å². The average molecular weight is 342 g/mol. The van der Waals surface area contributed by atoms with Crippen LogP contribution >= 0.6 is 39.1 Å². The minimum atomic E-state index is -0.110. The van der Waals surface area contributed by atoms with Gasteiger partial charge < -0.3 is 4.74 Å². The van der Waals surface area contributed by atoms with Crippen molar-refractivity contribution < 1.29 is 9.53 Å². The van der Waals surface area contributed by atoms with Crippen LogP contribution in [0.4, 0.5) is 0 Å². The molecule has 0 aromatic carbocycles. The Hall–Kier alpha value is 0.01000. The van der Waals surface area contributed by atoms with E-state index in [9.17, 15) is 4.79 Å². The van der Waals surface area contributed by atoms with Crippen molar-refractivity contribution in [1.29, 1.82) is 0 Å². The number of halogens is 3. The molecular formula is C12H15BrCl2O2. The topological polar surface area (TPSA) is 26.3 Å². The van der Waals surface area contributed by atoms with Gasteiger partial charge in [0.1, 0.15) is 4.49 Å². The number of carbonyl (C=O) groups excluding carboxylic acids is 1. The fourth-order valence-corrected chi connectivity index (χ4v) is 2.45. The molecule has 1 fully saturated rings. The molecule has 0 amide bonds. The minimum Gasteiger partial charge on any atom is -0.465 e. The number of allylic oxidation sites excluding steroid dienone is 3. The molecule has 0 heterocycles. The molecular weight excluding hydrogens is 327 g/mol. The first-order valence-corrected chi connectivity index (χ1v) is 7.01. The van der Waals surface area contributed by atoms with Crippen molar-refractivity contribution in [3.8, 4) is 0 Å². The summed E-state index contributed by atoms with van der Waals surface area (Å²) in [6, 6.07) is 0. The number of ether oxygens (including phenoxy) is 1. The highest BCUT2D eigenvalue weighted by atomic mass is 79.9. The van der Waals surface area contributed by atoms with Gasteiger partial charge in [0.15, 0.2) is 0 Å². The lowest BCUT2D eigenvalue weighted by Gasteiger charge is -2.05. The molecule has 0 N–H and O–H groups in total. The lowest BCUT2D eigenvalue weighted by Crippen LogP contribution is -2.12. The van der Waals surface area contributed by atoms with Crippen molar-refractivity contribution in [2.45, 2.75) is 20.3 Å². The molecule has 0 aliphatic heterocycles. The summed E-state index contributed by atoms with van der Waals surface area (Å²) in [6.45, 7) is 4.52. The summed E-state index contributed by atoms with van der Waals surface area (Å²) in [7, 11) is 0. The molecule has 0 aromatic rings. The second-order valence-electron chi connectivity index (χ2n) is 4.52. The Morgan fingerprint density at radius 1 is 1.53 bits per heavy atom. The zero-order chi connectivity index (χ0) is 13.0. The van der Waals surface area contributed by atoms with E-state index in [1.807, 2.05) is 19.9 Å². The molecule has 0 aromatic heterocycles. The van der Waals surface area contributed by atoms with Crippen LogP contribution in [0.25, 0.3) is 0 Å². The van der Waals surface area contributed by atoms with Crippen LogP contribution in [0.5, 0.6) is 0 Å². The molecule has 2 atom stereocenters. The Morgan fingerprint density at radius 2 is 2.18 bits per heavy atom. The maximum absolute atomic E-state index is 11.6. The van der Waals surface area contributed by atoms with E-state index in [-0.39, 0.29) is 22.3 Å². The zero-order valence-electron chi connectivity index (χ0n) is 9.75. The van der Waals surface area contributed by atoms with Gasteiger partial charge in [-0.3, -0.25) is 4.79 Å². The molecule has 1 rings (SSSR count). The van der Waals surface area contributed by atoms with Crippen LogP contribution in [0.1, 0.15) is 20.3 Å². The summed E-state index contributed by atoms with van der Waals surface area (Å²) in [4.78, 5) is 11.6. The van der Waals surface area contributed by atoms with E-state index in [0.29, 0.717) is 12.5 Å². The largest absolute Gasteiger partial charge is 0.465 e. The van der Waals surface area contributed by atoms with E-state index in [1.165, 1.54) is 0 Å². The van der Waals surface area contributed by atoms with Crippen LogP contribution in [0, 0.1) is 17.8 Å². The van der Waals surface area contributed by atoms with Crippen molar-refractivity contribution in [2.75, 3.05) is 6.61 Å². The zero-order valence-corrected chi connectivity index (χ0v) is 12.8. The van der Waals surface area contributed by atoms with Gasteiger partial charge in [-0.05, 0) is 24.3 Å². The molecule has 0 saturated heterocycles. The van der Waals surface area contributed by atoms with Crippen LogP contribution in [0.2, 0.25) is 0 Å². The van der Waals surface area contributed by atoms with Gasteiger partial charge >= 0.3 is 5.97 Å². The normalized spacial score (nSPS) is 23.5. The summed E-state index contributed by atoms with van der Waals surface area (Å²) >= 11 is 14.4. The first-order valence-electron chi connectivity index (χ1n) is 5.46. The van der Waals surface area contributed by atoms with Gasteiger partial charge in [0.25, 0.3) is 0 Å². The molecule has 5 heteroatoms. The van der Waals surface area contributed by atoms with E-state index in [4.69, 9.17) is 27.9 Å². The molecule has 0 spiro atoms. The monoisotopic (exact) mass is 340 g/mol. The smallest absolute Gasteiger partial charge is 0.309 e. The predicted octanol–water partition coefficient (Wildman–Crippen LogP) is 4.42. The molecule has 1 aliphatic carbocycles. The lowest BCUT2D eigenvalue weighted by molar-refractivity contribution is -0.146. The Kier molecular flexibility index (Phi) is 6.04. The molecule has 0 unspecified atom stereocenters. The predicted molar refractivity (Wildman–Crippen MR) is 74.2 cm³/mol. The van der Waals surface area contributed by atoms with Crippen LogP contribution in [-0.2, 0) is 9.53 Å². The third kappa shape index (κ3) is 5.94. The number of hydrogen-bond donors (Lipinski definition) is 0. The number of rotatable bonds is 5. The third-order valence-corrected chi connectivity index (χ3v) is 3.03. The van der Waals surface area contributed by atoms with Crippen LogP contribution < -0.4 is 0 Å². The summed E-state index contributed by atoms with van der Waals surface area (Å²) in [5.74, 6) is 0.481. The molecule has 1 aliphatic rings. The van der Waals surface area contributed by atoms with E-state index in [1.54, 1.807) is 6.08 Å². The SMILES string of the molecule is CC(C)COC(=O)[C@H]1C[C@@H]1C=C(Br)C=C(Cl)Cl. The molecule has 0 radical (unpaired) electrons. The van der Waals surface area contributed by atoms with Crippen molar-refractivity contribution in [1.82, 2.24) is 0 Å². The average Bonchev–Trinajstić information content (AvgIpc) is 2.91. The van der Waals surface area contributed by atoms with Gasteiger partial charge in [-0.2, -0.15) is 0 Å². The molecule has 1 saturated carbocycles. The Morgan fingerprint density at radius 3 is 2.71 bits per heavy atom. The van der Waals surface area contributed by atoms with Crippen molar-refractivity contribution in [3.63, 3.8) is 0 Å². The fraction of sp³-hybridized carbons (Fsp3) is 0.583. The maximum Gasteiger partial charge on any atom is 0.309 e. The summed E-state index contributed by atoms with van der Waals surface area (Å²) in [5.41, 5.74) is 0. The molecule has 17 heavy (non-hydrogen) atoms. The fourth-order valence-electron chi connectivity index (χ4n) is 1.38. The number of hydrogen-bond acceptors (Lipinski definition) is 2. The number of esters is 1.